The van der Waals surface area contributed by atoms with Crippen molar-refractivity contribution in [1.29, 1.82) is 0 Å². The Balaban J connectivity index is 2.12. The third-order valence-electron chi connectivity index (χ3n) is 4.04. The summed E-state index contributed by atoms with van der Waals surface area (Å²) in [5, 5.41) is 13.2. The fourth-order valence-electron chi connectivity index (χ4n) is 2.65. The van der Waals surface area contributed by atoms with E-state index in [0.717, 1.165) is 6.07 Å². The summed E-state index contributed by atoms with van der Waals surface area (Å²) in [6.45, 7) is 1.75. The summed E-state index contributed by atoms with van der Waals surface area (Å²) in [6, 6.07) is 11.8. The van der Waals surface area contributed by atoms with E-state index in [-0.39, 0.29) is 27.8 Å². The van der Waals surface area contributed by atoms with Crippen LogP contribution in [-0.4, -0.2) is 24.0 Å². The number of phenols is 1. The molecule has 8 heteroatoms. The first-order chi connectivity index (χ1) is 12.2. The molecule has 0 fully saturated rings. The predicted molar refractivity (Wildman–Crippen MR) is 99.0 cm³/mol. The third kappa shape index (κ3) is 3.19. The van der Waals surface area contributed by atoms with Crippen molar-refractivity contribution in [3.8, 4) is 5.75 Å². The summed E-state index contributed by atoms with van der Waals surface area (Å²) in [7, 11) is -4.56. The maximum Gasteiger partial charge on any atom is 0.295 e. The first-order valence-corrected chi connectivity index (χ1v) is 9.02. The van der Waals surface area contributed by atoms with Gasteiger partial charge in [-0.05, 0) is 36.8 Å². The van der Waals surface area contributed by atoms with Gasteiger partial charge in [0.2, 0.25) is 0 Å². The number of carbonyl (C=O) groups excluding carboxylic acids is 1. The highest BCUT2D eigenvalue weighted by Gasteiger charge is 2.20. The molecular formula is C18H16N2O5S. The number of anilines is 2. The average molecular weight is 372 g/mol. The Morgan fingerprint density at radius 3 is 2.35 bits per heavy atom. The van der Waals surface area contributed by atoms with E-state index in [1.807, 2.05) is 0 Å². The summed E-state index contributed by atoms with van der Waals surface area (Å²) in [5.41, 5.74) is 7.13. The van der Waals surface area contributed by atoms with Crippen molar-refractivity contribution in [3.63, 3.8) is 0 Å². The molecule has 0 bridgehead atoms. The van der Waals surface area contributed by atoms with Crippen molar-refractivity contribution in [2.24, 2.45) is 0 Å². The van der Waals surface area contributed by atoms with Crippen molar-refractivity contribution >= 4 is 38.2 Å². The molecule has 26 heavy (non-hydrogen) atoms. The van der Waals surface area contributed by atoms with Gasteiger partial charge < -0.3 is 16.2 Å². The minimum atomic E-state index is -4.56. The number of amides is 1. The largest absolute Gasteiger partial charge is 0.505 e. The van der Waals surface area contributed by atoms with E-state index >= 15 is 0 Å². The van der Waals surface area contributed by atoms with Crippen molar-refractivity contribution < 1.29 is 22.9 Å². The van der Waals surface area contributed by atoms with Crippen LogP contribution in [-0.2, 0) is 10.1 Å². The molecule has 1 amide bonds. The van der Waals surface area contributed by atoms with Crippen LogP contribution in [0.5, 0.6) is 5.75 Å². The number of hydrogen-bond acceptors (Lipinski definition) is 5. The maximum absolute atomic E-state index is 12.5. The van der Waals surface area contributed by atoms with Crippen molar-refractivity contribution in [3.05, 3.63) is 59.7 Å². The van der Waals surface area contributed by atoms with Gasteiger partial charge in [0.05, 0.1) is 5.69 Å². The zero-order valence-electron chi connectivity index (χ0n) is 13.7. The standard InChI is InChI=1S/C18H16N2O5S/c1-10-8-11(6-7-14(10)19)18(22)20-15-9-16(26(23,24)25)12-4-2-3-5-13(12)17(15)21/h2-9,21H,19H2,1H3,(H,20,22)(H,23,24,25). The molecular weight excluding hydrogens is 356 g/mol. The lowest BCUT2D eigenvalue weighted by molar-refractivity contribution is 0.102. The molecule has 0 saturated heterocycles. The second-order valence-electron chi connectivity index (χ2n) is 5.82. The van der Waals surface area contributed by atoms with E-state index in [1.165, 1.54) is 18.2 Å². The molecule has 0 radical (unpaired) electrons. The zero-order chi connectivity index (χ0) is 19.1. The molecule has 0 saturated carbocycles. The highest BCUT2D eigenvalue weighted by atomic mass is 32.2. The summed E-state index contributed by atoms with van der Waals surface area (Å²) < 4.78 is 32.9. The van der Waals surface area contributed by atoms with Gasteiger partial charge in [-0.25, -0.2) is 0 Å². The Hall–Kier alpha value is -3.10. The number of nitrogen functional groups attached to an aromatic ring is 1. The molecule has 0 heterocycles. The van der Waals surface area contributed by atoms with Crippen LogP contribution >= 0.6 is 0 Å². The normalized spacial score (nSPS) is 11.5. The number of benzene rings is 3. The Morgan fingerprint density at radius 1 is 1.08 bits per heavy atom. The number of aryl methyl sites for hydroxylation is 1. The van der Waals surface area contributed by atoms with E-state index in [1.54, 1.807) is 31.2 Å². The molecule has 134 valence electrons. The molecule has 0 aliphatic carbocycles. The molecule has 0 aliphatic heterocycles. The first-order valence-electron chi connectivity index (χ1n) is 7.58. The van der Waals surface area contributed by atoms with Crippen LogP contribution in [0.15, 0.2) is 53.4 Å². The van der Waals surface area contributed by atoms with Crippen LogP contribution < -0.4 is 11.1 Å². The van der Waals surface area contributed by atoms with Gasteiger partial charge in [-0.3, -0.25) is 9.35 Å². The zero-order valence-corrected chi connectivity index (χ0v) is 14.5. The van der Waals surface area contributed by atoms with E-state index in [2.05, 4.69) is 5.32 Å². The number of phenolic OH excluding ortho intramolecular Hbond substituents is 1. The van der Waals surface area contributed by atoms with Crippen molar-refractivity contribution in [2.75, 3.05) is 11.1 Å². The second kappa shape index (κ2) is 6.32. The lowest BCUT2D eigenvalue weighted by atomic mass is 10.1. The summed E-state index contributed by atoms with van der Waals surface area (Å²) >= 11 is 0. The fraction of sp³-hybridized carbons (Fsp3) is 0.0556. The highest BCUT2D eigenvalue weighted by Crippen LogP contribution is 2.37. The topological polar surface area (TPSA) is 130 Å². The van der Waals surface area contributed by atoms with Crippen molar-refractivity contribution in [1.82, 2.24) is 0 Å². The van der Waals surface area contributed by atoms with Crippen LogP contribution in [0.2, 0.25) is 0 Å². The second-order valence-corrected chi connectivity index (χ2v) is 7.21. The van der Waals surface area contributed by atoms with E-state index in [0.29, 0.717) is 11.3 Å². The molecule has 7 nitrogen and oxygen atoms in total. The van der Waals surface area contributed by atoms with Crippen LogP contribution in [0.4, 0.5) is 11.4 Å². The molecule has 5 N–H and O–H groups in total. The van der Waals surface area contributed by atoms with Crippen LogP contribution in [0, 0.1) is 6.92 Å². The third-order valence-corrected chi connectivity index (χ3v) is 4.93. The Bertz CT molecular complexity index is 1140. The lowest BCUT2D eigenvalue weighted by Gasteiger charge is -2.13. The SMILES string of the molecule is Cc1cc(C(=O)Nc2cc(S(=O)(=O)O)c3ccccc3c2O)ccc1N. The van der Waals surface area contributed by atoms with E-state index in [4.69, 9.17) is 5.73 Å². The fourth-order valence-corrected chi connectivity index (χ4v) is 3.37. The number of hydrogen-bond donors (Lipinski definition) is 4. The number of nitrogens with one attached hydrogen (secondary N) is 1. The number of nitrogens with two attached hydrogens (primary N) is 1. The number of rotatable bonds is 3. The van der Waals surface area contributed by atoms with Gasteiger partial charge >= 0.3 is 0 Å². The molecule has 3 rings (SSSR count). The molecule has 0 aromatic heterocycles. The quantitative estimate of drug-likeness (QED) is 0.318. The minimum Gasteiger partial charge on any atom is -0.505 e. The summed E-state index contributed by atoms with van der Waals surface area (Å²) in [5.74, 6) is -0.853. The highest BCUT2D eigenvalue weighted by molar-refractivity contribution is 7.86. The molecule has 3 aromatic carbocycles. The van der Waals surface area contributed by atoms with Gasteiger partial charge in [0.15, 0.2) is 0 Å². The Kier molecular flexibility index (Phi) is 4.31. The predicted octanol–water partition coefficient (Wildman–Crippen LogP) is 2.94. The van der Waals surface area contributed by atoms with Crippen LogP contribution in [0.3, 0.4) is 0 Å². The van der Waals surface area contributed by atoms with Gasteiger partial charge in [-0.2, -0.15) is 8.42 Å². The van der Waals surface area contributed by atoms with Crippen LogP contribution in [0.25, 0.3) is 10.8 Å². The molecule has 0 unspecified atom stereocenters. The lowest BCUT2D eigenvalue weighted by Crippen LogP contribution is -2.13. The Labute approximate surface area is 149 Å². The number of aromatic hydroxyl groups is 1. The summed E-state index contributed by atoms with van der Waals surface area (Å²) in [6.07, 6.45) is 0. The van der Waals surface area contributed by atoms with E-state index < -0.39 is 20.9 Å². The molecule has 0 aliphatic rings. The maximum atomic E-state index is 12.5. The van der Waals surface area contributed by atoms with Gasteiger partial charge in [-0.15, -0.1) is 0 Å². The van der Waals surface area contributed by atoms with Gasteiger partial charge in [0, 0.05) is 22.0 Å². The average Bonchev–Trinajstić information content (AvgIpc) is 2.58. The molecule has 0 spiro atoms. The first kappa shape index (κ1) is 17.7. The van der Waals surface area contributed by atoms with Gasteiger partial charge in [0.1, 0.15) is 10.6 Å². The van der Waals surface area contributed by atoms with Crippen molar-refractivity contribution in [2.45, 2.75) is 11.8 Å². The molecule has 0 atom stereocenters. The minimum absolute atomic E-state index is 0.129. The smallest absolute Gasteiger partial charge is 0.295 e. The number of fused-ring (bicyclic) bond motifs is 1. The summed E-state index contributed by atoms with van der Waals surface area (Å²) in [4.78, 5) is 12.0. The van der Waals surface area contributed by atoms with Crippen LogP contribution in [0.1, 0.15) is 15.9 Å². The van der Waals surface area contributed by atoms with E-state index in [9.17, 15) is 22.9 Å². The Morgan fingerprint density at radius 2 is 1.73 bits per heavy atom. The van der Waals surface area contributed by atoms with Gasteiger partial charge in [-0.1, -0.05) is 24.3 Å². The van der Waals surface area contributed by atoms with Gasteiger partial charge in [0.25, 0.3) is 16.0 Å². The molecule has 3 aromatic rings. The number of carbonyl (C=O) groups is 1. The monoisotopic (exact) mass is 372 g/mol.